The number of fused-ring (bicyclic) bond motifs is 1. The van der Waals surface area contributed by atoms with Gasteiger partial charge in [0.25, 0.3) is 0 Å². The zero-order valence-corrected chi connectivity index (χ0v) is 20.7. The molecule has 1 aromatic heterocycles. The number of hydrogen-bond donors (Lipinski definition) is 3. The molecule has 2 atom stereocenters. The van der Waals surface area contributed by atoms with Crippen molar-refractivity contribution in [3.8, 4) is 0 Å². The van der Waals surface area contributed by atoms with E-state index in [-0.39, 0.29) is 11.8 Å². The predicted molar refractivity (Wildman–Crippen MR) is 138 cm³/mol. The number of carbonyl (C=O) groups is 2. The maximum atomic E-state index is 12.7. The number of aryl methyl sites for hydroxylation is 2. The normalized spacial score (nSPS) is 16.7. The van der Waals surface area contributed by atoms with E-state index in [1.54, 1.807) is 0 Å². The van der Waals surface area contributed by atoms with E-state index in [1.807, 2.05) is 37.3 Å². The number of hydrogen-bond acceptors (Lipinski definition) is 5. The third-order valence-corrected chi connectivity index (χ3v) is 7.16. The second-order valence-corrected chi connectivity index (χ2v) is 9.89. The van der Waals surface area contributed by atoms with Gasteiger partial charge >= 0.3 is 5.97 Å². The number of carboxylic acid groups (broad SMARTS) is 1. The molecule has 1 aromatic carbocycles. The van der Waals surface area contributed by atoms with Gasteiger partial charge in [-0.25, -0.2) is 9.78 Å². The topological polar surface area (TPSA) is 94.6 Å². The van der Waals surface area contributed by atoms with Crippen molar-refractivity contribution < 1.29 is 14.7 Å². The largest absolute Gasteiger partial charge is 0.480 e. The Morgan fingerprint density at radius 1 is 1.14 bits per heavy atom. The smallest absolute Gasteiger partial charge is 0.326 e. The molecule has 188 valence electrons. The Hall–Kier alpha value is -2.93. The Labute approximate surface area is 208 Å². The molecule has 0 saturated heterocycles. The van der Waals surface area contributed by atoms with Crippen molar-refractivity contribution in [3.05, 3.63) is 59.3 Å². The van der Waals surface area contributed by atoms with Crippen LogP contribution < -0.4 is 10.6 Å². The number of aromatic nitrogens is 1. The highest BCUT2D eigenvalue weighted by molar-refractivity contribution is 5.87. The summed E-state index contributed by atoms with van der Waals surface area (Å²) < 4.78 is 0. The molecule has 1 aliphatic carbocycles. The van der Waals surface area contributed by atoms with Crippen molar-refractivity contribution in [3.63, 3.8) is 0 Å². The van der Waals surface area contributed by atoms with Gasteiger partial charge in [-0.2, -0.15) is 0 Å². The Morgan fingerprint density at radius 2 is 1.94 bits per heavy atom. The summed E-state index contributed by atoms with van der Waals surface area (Å²) >= 11 is 0. The highest BCUT2D eigenvalue weighted by Gasteiger charge is 2.30. The van der Waals surface area contributed by atoms with Crippen LogP contribution in [0, 0.1) is 0 Å². The molecule has 7 nitrogen and oxygen atoms in total. The number of amides is 1. The van der Waals surface area contributed by atoms with E-state index in [1.165, 1.54) is 24.8 Å². The Bertz CT molecular complexity index is 993. The van der Waals surface area contributed by atoms with Crippen molar-refractivity contribution in [1.29, 1.82) is 0 Å². The van der Waals surface area contributed by atoms with E-state index in [0.29, 0.717) is 19.0 Å². The summed E-state index contributed by atoms with van der Waals surface area (Å²) in [5, 5.41) is 15.9. The number of carboxylic acids is 1. The van der Waals surface area contributed by atoms with E-state index in [2.05, 4.69) is 27.7 Å². The number of rotatable bonds is 13. The average Bonchev–Trinajstić information content (AvgIpc) is 3.72. The highest BCUT2D eigenvalue weighted by atomic mass is 16.4. The number of carbonyl (C=O) groups excluding carboxylic acids is 1. The summed E-state index contributed by atoms with van der Waals surface area (Å²) in [4.78, 5) is 31.7. The zero-order chi connectivity index (χ0) is 24.6. The first-order valence-electron chi connectivity index (χ1n) is 13.1. The van der Waals surface area contributed by atoms with Gasteiger partial charge in [0.1, 0.15) is 11.9 Å². The molecule has 1 saturated carbocycles. The van der Waals surface area contributed by atoms with Crippen LogP contribution in [0.5, 0.6) is 0 Å². The van der Waals surface area contributed by atoms with E-state index >= 15 is 0 Å². The minimum absolute atomic E-state index is 0.242. The SMILES string of the molecule is CC(C(=O)NC(CCN(CCCCc1ccc2c(n1)NCCC2)C1CC1)C(=O)O)c1ccccc1. The van der Waals surface area contributed by atoms with E-state index < -0.39 is 12.0 Å². The van der Waals surface area contributed by atoms with Gasteiger partial charge in [0, 0.05) is 24.8 Å². The van der Waals surface area contributed by atoms with Crippen LogP contribution in [0.25, 0.3) is 0 Å². The fraction of sp³-hybridized carbons (Fsp3) is 0.536. The first kappa shape index (κ1) is 25.2. The van der Waals surface area contributed by atoms with Gasteiger partial charge < -0.3 is 20.6 Å². The lowest BCUT2D eigenvalue weighted by molar-refractivity contribution is -0.142. The monoisotopic (exact) mass is 478 g/mol. The van der Waals surface area contributed by atoms with Crippen LogP contribution >= 0.6 is 0 Å². The van der Waals surface area contributed by atoms with Crippen LogP contribution in [0.2, 0.25) is 0 Å². The molecule has 1 amide bonds. The second kappa shape index (κ2) is 12.2. The zero-order valence-electron chi connectivity index (χ0n) is 20.7. The van der Waals surface area contributed by atoms with E-state index in [9.17, 15) is 14.7 Å². The molecule has 2 heterocycles. The Kier molecular flexibility index (Phi) is 8.74. The van der Waals surface area contributed by atoms with E-state index in [0.717, 1.165) is 55.8 Å². The number of unbranched alkanes of at least 4 members (excludes halogenated alkanes) is 1. The van der Waals surface area contributed by atoms with E-state index in [4.69, 9.17) is 4.98 Å². The highest BCUT2D eigenvalue weighted by Crippen LogP contribution is 2.28. The third kappa shape index (κ3) is 7.28. The summed E-state index contributed by atoms with van der Waals surface area (Å²) in [6.07, 6.45) is 8.11. The second-order valence-electron chi connectivity index (χ2n) is 9.89. The first-order chi connectivity index (χ1) is 17.0. The molecule has 2 aromatic rings. The molecule has 2 unspecified atom stereocenters. The minimum Gasteiger partial charge on any atom is -0.480 e. The molecule has 1 aliphatic heterocycles. The molecule has 35 heavy (non-hydrogen) atoms. The average molecular weight is 479 g/mol. The molecular formula is C28H38N4O3. The van der Waals surface area contributed by atoms with Crippen LogP contribution in [0.15, 0.2) is 42.5 Å². The summed E-state index contributed by atoms with van der Waals surface area (Å²) in [7, 11) is 0. The predicted octanol–water partition coefficient (Wildman–Crippen LogP) is 3.99. The van der Waals surface area contributed by atoms with Crippen LogP contribution in [0.1, 0.15) is 68.2 Å². The molecule has 4 rings (SSSR count). The first-order valence-corrected chi connectivity index (χ1v) is 13.1. The lowest BCUT2D eigenvalue weighted by Gasteiger charge is -2.25. The van der Waals surface area contributed by atoms with Gasteiger partial charge in [-0.3, -0.25) is 4.79 Å². The van der Waals surface area contributed by atoms with Crippen molar-refractivity contribution in [2.24, 2.45) is 0 Å². The lowest BCUT2D eigenvalue weighted by atomic mass is 10.00. The van der Waals surface area contributed by atoms with Gasteiger partial charge in [0.15, 0.2) is 0 Å². The van der Waals surface area contributed by atoms with Crippen LogP contribution in [-0.4, -0.2) is 58.6 Å². The maximum Gasteiger partial charge on any atom is 0.326 e. The molecule has 1 fully saturated rings. The van der Waals surface area contributed by atoms with Gasteiger partial charge in [-0.1, -0.05) is 36.4 Å². The molecule has 7 heteroatoms. The summed E-state index contributed by atoms with van der Waals surface area (Å²) in [5.41, 5.74) is 3.34. The van der Waals surface area contributed by atoms with Crippen LogP contribution in [-0.2, 0) is 22.4 Å². The lowest BCUT2D eigenvalue weighted by Crippen LogP contribution is -2.45. The van der Waals surface area contributed by atoms with Crippen molar-refractivity contribution >= 4 is 17.7 Å². The quantitative estimate of drug-likeness (QED) is 0.377. The molecule has 0 spiro atoms. The number of anilines is 1. The standard InChI is InChI=1S/C28H38N4O3/c1-20(21-8-3-2-4-9-21)27(33)31-25(28(34)35)16-19-32(24-14-15-24)18-6-5-11-23-13-12-22-10-7-17-29-26(22)30-23/h2-4,8-9,12-13,20,24-25H,5-7,10-11,14-19H2,1H3,(H,29,30)(H,31,33)(H,34,35). The number of nitrogens with zero attached hydrogens (tertiary/aromatic N) is 2. The van der Waals surface area contributed by atoms with Gasteiger partial charge in [-0.15, -0.1) is 0 Å². The molecular weight excluding hydrogens is 440 g/mol. The van der Waals surface area contributed by atoms with Gasteiger partial charge in [-0.05, 0) is 82.0 Å². The van der Waals surface area contributed by atoms with Gasteiger partial charge in [0.05, 0.1) is 5.92 Å². The Morgan fingerprint density at radius 3 is 2.69 bits per heavy atom. The molecule has 0 bridgehead atoms. The summed E-state index contributed by atoms with van der Waals surface area (Å²) in [6.45, 7) is 4.45. The fourth-order valence-corrected chi connectivity index (χ4v) is 4.79. The summed E-state index contributed by atoms with van der Waals surface area (Å²) in [6, 6.07) is 13.5. The molecule has 2 aliphatic rings. The molecule has 0 radical (unpaired) electrons. The van der Waals surface area contributed by atoms with Crippen LogP contribution in [0.3, 0.4) is 0 Å². The van der Waals surface area contributed by atoms with Gasteiger partial charge in [0.2, 0.25) is 5.91 Å². The maximum absolute atomic E-state index is 12.7. The fourth-order valence-electron chi connectivity index (χ4n) is 4.79. The minimum atomic E-state index is -0.971. The Balaban J connectivity index is 1.23. The molecule has 3 N–H and O–H groups in total. The van der Waals surface area contributed by atoms with Crippen molar-refractivity contribution in [1.82, 2.24) is 15.2 Å². The number of benzene rings is 1. The van der Waals surface area contributed by atoms with Crippen molar-refractivity contribution in [2.75, 3.05) is 25.0 Å². The summed E-state index contributed by atoms with van der Waals surface area (Å²) in [5.74, 6) is -0.545. The number of nitrogens with one attached hydrogen (secondary N) is 2. The number of aliphatic carboxylic acids is 1. The van der Waals surface area contributed by atoms with Crippen molar-refractivity contribution in [2.45, 2.75) is 76.3 Å². The number of pyridine rings is 1. The van der Waals surface area contributed by atoms with Crippen LogP contribution in [0.4, 0.5) is 5.82 Å². The third-order valence-electron chi connectivity index (χ3n) is 7.16.